The molecule has 1 aromatic rings. The van der Waals surface area contributed by atoms with Crippen LogP contribution in [0, 0.1) is 0 Å². The zero-order valence-electron chi connectivity index (χ0n) is 8.01. The maximum absolute atomic E-state index is 10.9. The molecule has 0 saturated heterocycles. The fraction of sp³-hybridized carbons (Fsp3) is 0.571. The Hall–Kier alpha value is -0.590. The third-order valence-corrected chi connectivity index (χ3v) is 2.85. The van der Waals surface area contributed by atoms with Crippen LogP contribution < -0.4 is 0 Å². The molecule has 0 bridgehead atoms. The molecule has 0 N–H and O–H groups in total. The summed E-state index contributed by atoms with van der Waals surface area (Å²) in [7, 11) is 5.31. The molecule has 0 spiro atoms. The van der Waals surface area contributed by atoms with Crippen LogP contribution in [0.1, 0.15) is 0 Å². The van der Waals surface area contributed by atoms with E-state index in [0.29, 0.717) is 6.54 Å². The molecule has 0 aliphatic carbocycles. The number of hydrogen-bond donors (Lipinski definition) is 0. The van der Waals surface area contributed by atoms with Gasteiger partial charge in [0, 0.05) is 30.0 Å². The van der Waals surface area contributed by atoms with Gasteiger partial charge in [0.25, 0.3) is 9.05 Å². The van der Waals surface area contributed by atoms with Crippen LogP contribution in [0.3, 0.4) is 0 Å². The normalized spacial score (nSPS) is 12.3. The summed E-state index contributed by atoms with van der Waals surface area (Å²) in [6, 6.07) is 0. The average Bonchev–Trinajstić information content (AvgIpc) is 2.47. The van der Waals surface area contributed by atoms with Crippen molar-refractivity contribution in [3.05, 3.63) is 12.5 Å². The van der Waals surface area contributed by atoms with Crippen LogP contribution in [0.2, 0.25) is 0 Å². The second kappa shape index (κ2) is 4.29. The van der Waals surface area contributed by atoms with Gasteiger partial charge in [-0.1, -0.05) is 0 Å². The molecule has 0 aliphatic heterocycles. The number of rotatable bonds is 4. The second-order valence-electron chi connectivity index (χ2n) is 3.19. The Morgan fingerprint density at radius 2 is 2.21 bits per heavy atom. The summed E-state index contributed by atoms with van der Waals surface area (Å²) in [6.07, 6.45) is 2.88. The van der Waals surface area contributed by atoms with Crippen molar-refractivity contribution in [2.45, 2.75) is 11.6 Å². The van der Waals surface area contributed by atoms with Crippen molar-refractivity contribution in [2.24, 2.45) is 0 Å². The lowest BCUT2D eigenvalue weighted by molar-refractivity contribution is 0.383. The third-order valence-electron chi connectivity index (χ3n) is 1.66. The molecule has 0 atom stereocenters. The van der Waals surface area contributed by atoms with Crippen molar-refractivity contribution in [3.63, 3.8) is 0 Å². The lowest BCUT2D eigenvalue weighted by Crippen LogP contribution is -2.17. The van der Waals surface area contributed by atoms with Crippen molar-refractivity contribution in [3.8, 4) is 0 Å². The number of halogens is 1. The number of aromatic nitrogens is 2. The molecule has 0 radical (unpaired) electrons. The first-order chi connectivity index (χ1) is 6.39. The first kappa shape index (κ1) is 11.5. The highest BCUT2D eigenvalue weighted by Gasteiger charge is 2.12. The Morgan fingerprint density at radius 1 is 1.57 bits per heavy atom. The number of likely N-dealkylation sites (N-methyl/N-ethyl adjacent to an activating group) is 1. The van der Waals surface area contributed by atoms with E-state index in [0.717, 1.165) is 6.54 Å². The fourth-order valence-corrected chi connectivity index (χ4v) is 1.58. The van der Waals surface area contributed by atoms with E-state index >= 15 is 0 Å². The smallest absolute Gasteiger partial charge is 0.280 e. The molecular weight excluding hydrogens is 226 g/mol. The lowest BCUT2D eigenvalue weighted by atomic mass is 10.6. The average molecular weight is 238 g/mol. The van der Waals surface area contributed by atoms with E-state index in [1.54, 1.807) is 4.57 Å². The molecule has 1 aromatic heterocycles. The van der Waals surface area contributed by atoms with Gasteiger partial charge in [0.1, 0.15) is 0 Å². The van der Waals surface area contributed by atoms with Gasteiger partial charge in [-0.05, 0) is 14.1 Å². The van der Waals surface area contributed by atoms with Crippen LogP contribution in [0.4, 0.5) is 0 Å². The van der Waals surface area contributed by atoms with Gasteiger partial charge in [-0.25, -0.2) is 13.4 Å². The highest BCUT2D eigenvalue weighted by Crippen LogP contribution is 2.10. The summed E-state index contributed by atoms with van der Waals surface area (Å²) < 4.78 is 23.4. The van der Waals surface area contributed by atoms with Gasteiger partial charge in [-0.2, -0.15) is 0 Å². The predicted molar refractivity (Wildman–Crippen MR) is 53.8 cm³/mol. The van der Waals surface area contributed by atoms with E-state index in [4.69, 9.17) is 10.7 Å². The van der Waals surface area contributed by atoms with E-state index in [1.165, 1.54) is 12.5 Å². The van der Waals surface area contributed by atoms with E-state index < -0.39 is 9.05 Å². The Balaban J connectivity index is 2.70. The Morgan fingerprint density at radius 3 is 2.64 bits per heavy atom. The summed E-state index contributed by atoms with van der Waals surface area (Å²) in [6.45, 7) is 1.50. The van der Waals surface area contributed by atoms with Crippen molar-refractivity contribution in [2.75, 3.05) is 20.6 Å². The van der Waals surface area contributed by atoms with Crippen LogP contribution in [-0.4, -0.2) is 43.5 Å². The van der Waals surface area contributed by atoms with Crippen LogP contribution in [0.5, 0.6) is 0 Å². The van der Waals surface area contributed by atoms with Gasteiger partial charge >= 0.3 is 0 Å². The molecule has 0 saturated carbocycles. The highest BCUT2D eigenvalue weighted by molar-refractivity contribution is 8.13. The number of hydrogen-bond acceptors (Lipinski definition) is 4. The molecule has 0 aliphatic rings. The first-order valence-electron chi connectivity index (χ1n) is 4.01. The Kier molecular flexibility index (Phi) is 3.52. The molecule has 1 rings (SSSR count). The SMILES string of the molecule is CN(C)CCn1cnc(S(=O)(=O)Cl)c1. The molecule has 14 heavy (non-hydrogen) atoms. The van der Waals surface area contributed by atoms with Crippen molar-refractivity contribution >= 4 is 19.7 Å². The molecule has 0 aromatic carbocycles. The summed E-state index contributed by atoms with van der Waals surface area (Å²) >= 11 is 0. The van der Waals surface area contributed by atoms with E-state index in [2.05, 4.69) is 4.98 Å². The van der Waals surface area contributed by atoms with Crippen molar-refractivity contribution < 1.29 is 8.42 Å². The van der Waals surface area contributed by atoms with Gasteiger partial charge in [0.05, 0.1) is 6.33 Å². The predicted octanol–water partition coefficient (Wildman–Crippen LogP) is 0.372. The minimum Gasteiger partial charge on any atom is -0.335 e. The Labute approximate surface area is 87.7 Å². The Bertz CT molecular complexity index is 399. The molecule has 0 amide bonds. The lowest BCUT2D eigenvalue weighted by Gasteiger charge is -2.08. The van der Waals surface area contributed by atoms with Gasteiger partial charge in [0.15, 0.2) is 5.03 Å². The van der Waals surface area contributed by atoms with Crippen LogP contribution >= 0.6 is 10.7 Å². The van der Waals surface area contributed by atoms with Crippen LogP contribution in [-0.2, 0) is 15.6 Å². The quantitative estimate of drug-likeness (QED) is 0.711. The fourth-order valence-electron chi connectivity index (χ4n) is 0.903. The van der Waals surface area contributed by atoms with Crippen molar-refractivity contribution in [1.82, 2.24) is 14.5 Å². The molecule has 1 heterocycles. The largest absolute Gasteiger partial charge is 0.335 e. The van der Waals surface area contributed by atoms with Crippen LogP contribution in [0.15, 0.2) is 17.6 Å². The molecule has 7 heteroatoms. The van der Waals surface area contributed by atoms with Crippen LogP contribution in [0.25, 0.3) is 0 Å². The van der Waals surface area contributed by atoms with Gasteiger partial charge in [0.2, 0.25) is 0 Å². The first-order valence-corrected chi connectivity index (χ1v) is 6.31. The molecule has 0 fully saturated rings. The van der Waals surface area contributed by atoms with Gasteiger partial charge in [-0.15, -0.1) is 0 Å². The zero-order valence-corrected chi connectivity index (χ0v) is 9.59. The topological polar surface area (TPSA) is 55.2 Å². The minimum absolute atomic E-state index is 0.0991. The molecule has 5 nitrogen and oxygen atoms in total. The number of imidazole rings is 1. The summed E-state index contributed by atoms with van der Waals surface area (Å²) in [5, 5.41) is -0.0991. The van der Waals surface area contributed by atoms with E-state index in [-0.39, 0.29) is 5.03 Å². The van der Waals surface area contributed by atoms with Gasteiger partial charge < -0.3 is 9.47 Å². The summed E-state index contributed by atoms with van der Waals surface area (Å²) in [4.78, 5) is 5.68. The summed E-state index contributed by atoms with van der Waals surface area (Å²) in [5.74, 6) is 0. The van der Waals surface area contributed by atoms with E-state index in [9.17, 15) is 8.42 Å². The zero-order chi connectivity index (χ0) is 10.8. The second-order valence-corrected chi connectivity index (χ2v) is 5.70. The van der Waals surface area contributed by atoms with Gasteiger partial charge in [-0.3, -0.25) is 0 Å². The summed E-state index contributed by atoms with van der Waals surface area (Å²) in [5.41, 5.74) is 0. The van der Waals surface area contributed by atoms with Crippen molar-refractivity contribution in [1.29, 1.82) is 0 Å². The maximum atomic E-state index is 10.9. The monoisotopic (exact) mass is 237 g/mol. The van der Waals surface area contributed by atoms with E-state index in [1.807, 2.05) is 19.0 Å². The third kappa shape index (κ3) is 3.28. The maximum Gasteiger partial charge on any atom is 0.280 e. The molecule has 80 valence electrons. The molecule has 0 unspecified atom stereocenters. The molecular formula is C7H12ClN3O2S. The highest BCUT2D eigenvalue weighted by atomic mass is 35.7. The number of nitrogens with zero attached hydrogens (tertiary/aromatic N) is 3. The standard InChI is InChI=1S/C7H12ClN3O2S/c1-10(2)3-4-11-5-7(9-6-11)14(8,12)13/h5-6H,3-4H2,1-2H3. The minimum atomic E-state index is -3.69.